The molecule has 2 heterocycles. The maximum atomic E-state index is 14.4. The molecule has 1 aliphatic heterocycles. The summed E-state index contributed by atoms with van der Waals surface area (Å²) >= 11 is 0. The minimum absolute atomic E-state index is 0.168. The van der Waals surface area contributed by atoms with Gasteiger partial charge in [-0.25, -0.2) is 13.9 Å². The van der Waals surface area contributed by atoms with Crippen LogP contribution < -0.4 is 10.9 Å². The highest BCUT2D eigenvalue weighted by Crippen LogP contribution is 2.37. The molecule has 0 radical (unpaired) electrons. The van der Waals surface area contributed by atoms with Crippen LogP contribution in [0.5, 0.6) is 0 Å². The summed E-state index contributed by atoms with van der Waals surface area (Å²) in [6.45, 7) is 0.299. The SMILES string of the molecule is N#Cc1ccc([C@@H]2CNc3cc(F)cc4c(=O)[nH]nc2c34)c(F)c1. The number of hydrogen-bond acceptors (Lipinski definition) is 4. The number of benzene rings is 2. The standard InChI is InChI=1S/C17H10F2N4O/c18-9-4-11-15-14(5-9)21-7-12(16(15)22-23-17(11)24)10-2-1-8(6-20)3-13(10)19/h1-5,12,21H,7H2,(H,23,24)/t12-/m0/s1. The number of nitrogens with one attached hydrogen (secondary N) is 2. The smallest absolute Gasteiger partial charge is 0.272 e. The van der Waals surface area contributed by atoms with Crippen molar-refractivity contribution < 1.29 is 8.78 Å². The van der Waals surface area contributed by atoms with Crippen molar-refractivity contribution in [2.24, 2.45) is 0 Å². The molecule has 0 spiro atoms. The van der Waals surface area contributed by atoms with Crippen molar-refractivity contribution in [3.63, 3.8) is 0 Å². The van der Waals surface area contributed by atoms with Crippen LogP contribution in [0.4, 0.5) is 14.5 Å². The predicted molar refractivity (Wildman–Crippen MR) is 83.8 cm³/mol. The molecule has 2 N–H and O–H groups in total. The van der Waals surface area contributed by atoms with Crippen molar-refractivity contribution in [3.8, 4) is 6.07 Å². The molecule has 0 saturated carbocycles. The van der Waals surface area contributed by atoms with Gasteiger partial charge in [0, 0.05) is 23.5 Å². The molecule has 0 fully saturated rings. The van der Waals surface area contributed by atoms with E-state index in [0.29, 0.717) is 28.9 Å². The summed E-state index contributed by atoms with van der Waals surface area (Å²) in [6, 6.07) is 8.55. The third kappa shape index (κ3) is 2.04. The Labute approximate surface area is 134 Å². The summed E-state index contributed by atoms with van der Waals surface area (Å²) in [5, 5.41) is 19.0. The highest BCUT2D eigenvalue weighted by Gasteiger charge is 2.28. The predicted octanol–water partition coefficient (Wildman–Crippen LogP) is 2.63. The van der Waals surface area contributed by atoms with E-state index in [2.05, 4.69) is 15.5 Å². The van der Waals surface area contributed by atoms with Crippen molar-refractivity contribution in [2.75, 3.05) is 11.9 Å². The van der Waals surface area contributed by atoms with Gasteiger partial charge in [-0.3, -0.25) is 4.79 Å². The average molecular weight is 324 g/mol. The number of halogens is 2. The monoisotopic (exact) mass is 324 g/mol. The van der Waals surface area contributed by atoms with E-state index in [1.54, 1.807) is 0 Å². The van der Waals surface area contributed by atoms with Crippen LogP contribution >= 0.6 is 0 Å². The Morgan fingerprint density at radius 2 is 2.08 bits per heavy atom. The minimum Gasteiger partial charge on any atom is -0.383 e. The molecule has 7 heteroatoms. The molecular formula is C17H10F2N4O. The zero-order chi connectivity index (χ0) is 16.8. The van der Waals surface area contributed by atoms with E-state index in [-0.39, 0.29) is 10.9 Å². The average Bonchev–Trinajstić information content (AvgIpc) is 2.58. The van der Waals surface area contributed by atoms with Crippen LogP contribution in [0.1, 0.15) is 22.7 Å². The summed E-state index contributed by atoms with van der Waals surface area (Å²) < 4.78 is 28.1. The molecule has 1 atom stereocenters. The molecule has 2 aromatic carbocycles. The molecule has 24 heavy (non-hydrogen) atoms. The molecule has 0 saturated heterocycles. The Morgan fingerprint density at radius 1 is 1.25 bits per heavy atom. The quantitative estimate of drug-likeness (QED) is 0.721. The fourth-order valence-electron chi connectivity index (χ4n) is 3.13. The van der Waals surface area contributed by atoms with Gasteiger partial charge in [-0.2, -0.15) is 10.4 Å². The van der Waals surface area contributed by atoms with Crippen molar-refractivity contribution in [1.82, 2.24) is 10.2 Å². The van der Waals surface area contributed by atoms with Gasteiger partial charge in [0.25, 0.3) is 5.56 Å². The van der Waals surface area contributed by atoms with Gasteiger partial charge in [-0.1, -0.05) is 6.07 Å². The Morgan fingerprint density at radius 3 is 2.83 bits per heavy atom. The molecule has 1 aliphatic rings. The molecule has 118 valence electrons. The zero-order valence-electron chi connectivity index (χ0n) is 12.2. The first kappa shape index (κ1) is 14.3. The first-order valence-corrected chi connectivity index (χ1v) is 7.23. The fourth-order valence-corrected chi connectivity index (χ4v) is 3.13. The number of aromatic nitrogens is 2. The molecular weight excluding hydrogens is 314 g/mol. The minimum atomic E-state index is -0.532. The first-order valence-electron chi connectivity index (χ1n) is 7.23. The van der Waals surface area contributed by atoms with E-state index in [9.17, 15) is 13.6 Å². The zero-order valence-corrected chi connectivity index (χ0v) is 12.2. The Hall–Kier alpha value is -3.27. The number of nitriles is 1. The largest absolute Gasteiger partial charge is 0.383 e. The molecule has 0 aliphatic carbocycles. The highest BCUT2D eigenvalue weighted by molar-refractivity contribution is 5.97. The number of anilines is 1. The maximum Gasteiger partial charge on any atom is 0.272 e. The normalized spacial score (nSPS) is 15.8. The van der Waals surface area contributed by atoms with E-state index in [0.717, 1.165) is 6.07 Å². The second-order valence-corrected chi connectivity index (χ2v) is 5.60. The van der Waals surface area contributed by atoms with Gasteiger partial charge in [-0.05, 0) is 29.8 Å². The summed E-state index contributed by atoms with van der Waals surface area (Å²) in [6.07, 6.45) is 0. The van der Waals surface area contributed by atoms with Crippen molar-refractivity contribution in [3.05, 3.63) is 69.1 Å². The maximum absolute atomic E-state index is 14.4. The summed E-state index contributed by atoms with van der Waals surface area (Å²) in [7, 11) is 0. The first-order chi connectivity index (χ1) is 11.6. The molecule has 0 amide bonds. The highest BCUT2D eigenvalue weighted by atomic mass is 19.1. The van der Waals surface area contributed by atoms with E-state index in [1.165, 1.54) is 24.3 Å². The second kappa shape index (κ2) is 5.13. The van der Waals surface area contributed by atoms with Gasteiger partial charge < -0.3 is 5.32 Å². The number of aromatic amines is 1. The molecule has 5 nitrogen and oxygen atoms in total. The number of nitrogens with zero attached hydrogens (tertiary/aromatic N) is 2. The van der Waals surface area contributed by atoms with Crippen molar-refractivity contribution in [2.45, 2.75) is 5.92 Å². The van der Waals surface area contributed by atoms with E-state index in [4.69, 9.17) is 5.26 Å². The second-order valence-electron chi connectivity index (χ2n) is 5.60. The molecule has 0 bridgehead atoms. The number of hydrogen-bond donors (Lipinski definition) is 2. The third-order valence-corrected chi connectivity index (χ3v) is 4.21. The van der Waals surface area contributed by atoms with Crippen LogP contribution in [-0.4, -0.2) is 16.7 Å². The number of rotatable bonds is 1. The molecule has 4 rings (SSSR count). The van der Waals surface area contributed by atoms with E-state index < -0.39 is 23.1 Å². The van der Waals surface area contributed by atoms with Crippen LogP contribution in [0.25, 0.3) is 10.8 Å². The van der Waals surface area contributed by atoms with Gasteiger partial charge in [0.15, 0.2) is 0 Å². The van der Waals surface area contributed by atoms with Crippen LogP contribution in [-0.2, 0) is 0 Å². The van der Waals surface area contributed by atoms with Crippen LogP contribution in [0, 0.1) is 23.0 Å². The Balaban J connectivity index is 1.97. The van der Waals surface area contributed by atoms with Gasteiger partial charge in [0.05, 0.1) is 22.7 Å². The summed E-state index contributed by atoms with van der Waals surface area (Å²) in [4.78, 5) is 11.9. The van der Waals surface area contributed by atoms with Crippen LogP contribution in [0.15, 0.2) is 35.1 Å². The fraction of sp³-hybridized carbons (Fsp3) is 0.118. The third-order valence-electron chi connectivity index (χ3n) is 4.21. The molecule has 3 aromatic rings. The van der Waals surface area contributed by atoms with Gasteiger partial charge >= 0.3 is 0 Å². The van der Waals surface area contributed by atoms with Gasteiger partial charge in [0.2, 0.25) is 0 Å². The topological polar surface area (TPSA) is 81.6 Å². The van der Waals surface area contributed by atoms with E-state index >= 15 is 0 Å². The van der Waals surface area contributed by atoms with Gasteiger partial charge in [0.1, 0.15) is 11.6 Å². The lowest BCUT2D eigenvalue weighted by atomic mass is 9.88. The molecule has 1 aromatic heterocycles. The van der Waals surface area contributed by atoms with Crippen LogP contribution in [0.2, 0.25) is 0 Å². The summed E-state index contributed by atoms with van der Waals surface area (Å²) in [5.74, 6) is -1.52. The lowest BCUT2D eigenvalue weighted by Crippen LogP contribution is -2.25. The number of H-pyrrole nitrogens is 1. The van der Waals surface area contributed by atoms with Gasteiger partial charge in [-0.15, -0.1) is 0 Å². The van der Waals surface area contributed by atoms with Crippen molar-refractivity contribution in [1.29, 1.82) is 5.26 Å². The lowest BCUT2D eigenvalue weighted by molar-refractivity contribution is 0.594. The van der Waals surface area contributed by atoms with Crippen molar-refractivity contribution >= 4 is 16.5 Å². The summed E-state index contributed by atoms with van der Waals surface area (Å²) in [5.41, 5.74) is 1.02. The molecule has 0 unspecified atom stereocenters. The lowest BCUT2D eigenvalue weighted by Gasteiger charge is -2.26. The Kier molecular flexibility index (Phi) is 3.06. The van der Waals surface area contributed by atoms with Crippen LogP contribution in [0.3, 0.4) is 0 Å². The van der Waals surface area contributed by atoms with E-state index in [1.807, 2.05) is 6.07 Å². The Bertz CT molecular complexity index is 1080.